The molecule has 0 aliphatic heterocycles. The largest absolute Gasteiger partial charge is 0.294 e. The summed E-state index contributed by atoms with van der Waals surface area (Å²) in [6, 6.07) is 38.8. The zero-order valence-corrected chi connectivity index (χ0v) is 21.4. The monoisotopic (exact) mass is 511 g/mol. The number of fused-ring (bicyclic) bond motifs is 13. The number of para-hydroxylation sites is 2. The van der Waals surface area contributed by atoms with Gasteiger partial charge >= 0.3 is 0 Å². The van der Waals surface area contributed by atoms with E-state index < -0.39 is 0 Å². The van der Waals surface area contributed by atoms with Crippen LogP contribution in [0.4, 0.5) is 0 Å². The molecule has 40 heavy (non-hydrogen) atoms. The molecule has 4 aromatic heterocycles. The first-order valence-electron chi connectivity index (χ1n) is 13.4. The van der Waals surface area contributed by atoms with Crippen LogP contribution in [0.15, 0.2) is 128 Å². The summed E-state index contributed by atoms with van der Waals surface area (Å²) >= 11 is 0. The van der Waals surface area contributed by atoms with Crippen LogP contribution >= 0.6 is 0 Å². The van der Waals surface area contributed by atoms with Crippen LogP contribution in [0.25, 0.3) is 78.2 Å². The fourth-order valence-electron chi connectivity index (χ4n) is 6.38. The van der Waals surface area contributed by atoms with E-state index in [2.05, 4.69) is 117 Å². The standard InChI is InChI=1S/C35H21N5/c1-3-10-26-23(8-1)25-16-15-22(20-28(25)24-9-2-4-11-27(24)35-34(26)37-18-19-38-35)39-31-12-5-6-13-32(31)40-30-14-7-17-36-29(30)21-33(39)40/h1-21H. The molecule has 5 nitrogen and oxygen atoms in total. The molecule has 0 radical (unpaired) electrons. The Balaban J connectivity index is 1.40. The molecule has 0 spiro atoms. The molecule has 0 amide bonds. The lowest BCUT2D eigenvalue weighted by atomic mass is 9.84. The first-order valence-corrected chi connectivity index (χ1v) is 13.4. The molecule has 186 valence electrons. The lowest BCUT2D eigenvalue weighted by molar-refractivity contribution is 1.15. The molecule has 0 fully saturated rings. The van der Waals surface area contributed by atoms with Crippen LogP contribution in [0, 0.1) is 0 Å². The Morgan fingerprint density at radius 3 is 1.77 bits per heavy atom. The van der Waals surface area contributed by atoms with Crippen LogP contribution in [-0.2, 0) is 0 Å². The summed E-state index contributed by atoms with van der Waals surface area (Å²) in [6.07, 6.45) is 5.42. The smallest absolute Gasteiger partial charge is 0.125 e. The van der Waals surface area contributed by atoms with Crippen molar-refractivity contribution in [2.45, 2.75) is 0 Å². The van der Waals surface area contributed by atoms with E-state index in [4.69, 9.17) is 9.97 Å². The molecule has 4 aromatic carbocycles. The molecule has 8 aromatic rings. The van der Waals surface area contributed by atoms with Crippen molar-refractivity contribution in [3.63, 3.8) is 0 Å². The number of hydrogen-bond donors (Lipinski definition) is 0. The van der Waals surface area contributed by atoms with Gasteiger partial charge in [0.25, 0.3) is 0 Å². The highest BCUT2D eigenvalue weighted by Gasteiger charge is 2.24. The number of imidazole rings is 1. The Bertz CT molecular complexity index is 2280. The number of nitrogens with zero attached hydrogens (tertiary/aromatic N) is 5. The quantitative estimate of drug-likeness (QED) is 0.223. The molecule has 0 saturated heterocycles. The maximum Gasteiger partial charge on any atom is 0.125 e. The Hall–Kier alpha value is -5.55. The molecule has 4 heterocycles. The van der Waals surface area contributed by atoms with Gasteiger partial charge in [0, 0.05) is 41.5 Å². The topological polar surface area (TPSA) is 48.0 Å². The minimum Gasteiger partial charge on any atom is -0.294 e. The maximum atomic E-state index is 4.83. The molecule has 1 aliphatic rings. The van der Waals surface area contributed by atoms with E-state index in [1.165, 1.54) is 11.1 Å². The van der Waals surface area contributed by atoms with Gasteiger partial charge in [0.05, 0.1) is 33.5 Å². The molecule has 0 saturated carbocycles. The lowest BCUT2D eigenvalue weighted by Gasteiger charge is -2.22. The van der Waals surface area contributed by atoms with Crippen molar-refractivity contribution < 1.29 is 0 Å². The van der Waals surface area contributed by atoms with Gasteiger partial charge in [-0.2, -0.15) is 0 Å². The normalized spacial score (nSPS) is 12.0. The van der Waals surface area contributed by atoms with Crippen LogP contribution in [-0.4, -0.2) is 23.9 Å². The fourth-order valence-corrected chi connectivity index (χ4v) is 6.38. The van der Waals surface area contributed by atoms with Gasteiger partial charge < -0.3 is 0 Å². The summed E-state index contributed by atoms with van der Waals surface area (Å²) < 4.78 is 4.65. The fraction of sp³-hybridized carbons (Fsp3) is 0. The van der Waals surface area contributed by atoms with E-state index >= 15 is 0 Å². The van der Waals surface area contributed by atoms with Crippen molar-refractivity contribution in [3.8, 4) is 50.5 Å². The summed E-state index contributed by atoms with van der Waals surface area (Å²) in [5, 5.41) is 0. The number of benzene rings is 4. The van der Waals surface area contributed by atoms with Gasteiger partial charge in [-0.15, -0.1) is 0 Å². The third kappa shape index (κ3) is 2.83. The Morgan fingerprint density at radius 1 is 0.425 bits per heavy atom. The van der Waals surface area contributed by atoms with Crippen LogP contribution in [0.5, 0.6) is 0 Å². The SMILES string of the molecule is c1ccc2c(c1)-c1ccc(-n3c4ccccc4n4c5cccnc5cc34)cc1-c1ccccc1-c1nccnc1-2. The summed E-state index contributed by atoms with van der Waals surface area (Å²) in [6.45, 7) is 0. The third-order valence-corrected chi connectivity index (χ3v) is 8.05. The first kappa shape index (κ1) is 21.4. The predicted octanol–water partition coefficient (Wildman–Crippen LogP) is 8.20. The zero-order valence-electron chi connectivity index (χ0n) is 21.4. The second-order valence-electron chi connectivity index (χ2n) is 10.1. The maximum absolute atomic E-state index is 4.83. The van der Waals surface area contributed by atoms with Crippen LogP contribution < -0.4 is 0 Å². The molecular weight excluding hydrogens is 490 g/mol. The Kier molecular flexibility index (Phi) is 4.27. The summed E-state index contributed by atoms with van der Waals surface area (Å²) in [5.41, 5.74) is 15.2. The minimum atomic E-state index is 0.902. The molecule has 0 bridgehead atoms. The van der Waals surface area contributed by atoms with Crippen molar-refractivity contribution in [2.24, 2.45) is 0 Å². The van der Waals surface area contributed by atoms with E-state index in [0.29, 0.717) is 0 Å². The number of hydrogen-bond acceptors (Lipinski definition) is 3. The Labute approximate surface area is 229 Å². The van der Waals surface area contributed by atoms with Crippen molar-refractivity contribution in [1.29, 1.82) is 0 Å². The molecule has 0 atom stereocenters. The summed E-state index contributed by atoms with van der Waals surface area (Å²) in [4.78, 5) is 14.3. The third-order valence-electron chi connectivity index (χ3n) is 8.05. The van der Waals surface area contributed by atoms with E-state index in [9.17, 15) is 0 Å². The van der Waals surface area contributed by atoms with Crippen LogP contribution in [0.1, 0.15) is 0 Å². The Morgan fingerprint density at radius 2 is 1.02 bits per heavy atom. The number of rotatable bonds is 1. The number of aromatic nitrogens is 5. The molecule has 1 aliphatic carbocycles. The van der Waals surface area contributed by atoms with Gasteiger partial charge in [0.2, 0.25) is 0 Å². The highest BCUT2D eigenvalue weighted by atomic mass is 15.1. The van der Waals surface area contributed by atoms with E-state index in [1.807, 2.05) is 12.3 Å². The van der Waals surface area contributed by atoms with E-state index in [-0.39, 0.29) is 0 Å². The second kappa shape index (κ2) is 7.98. The molecule has 9 rings (SSSR count). The highest BCUT2D eigenvalue weighted by Crippen LogP contribution is 2.47. The summed E-state index contributed by atoms with van der Waals surface area (Å²) in [5.74, 6) is 0. The van der Waals surface area contributed by atoms with Gasteiger partial charge in [-0.25, -0.2) is 0 Å². The van der Waals surface area contributed by atoms with Crippen LogP contribution in [0.3, 0.4) is 0 Å². The van der Waals surface area contributed by atoms with E-state index in [0.717, 1.165) is 67.0 Å². The zero-order chi connectivity index (χ0) is 26.2. The summed E-state index contributed by atoms with van der Waals surface area (Å²) in [7, 11) is 0. The highest BCUT2D eigenvalue weighted by molar-refractivity contribution is 6.02. The van der Waals surface area contributed by atoms with Crippen molar-refractivity contribution in [1.82, 2.24) is 23.9 Å². The van der Waals surface area contributed by atoms with Crippen molar-refractivity contribution >= 4 is 27.7 Å². The van der Waals surface area contributed by atoms with Crippen molar-refractivity contribution in [2.75, 3.05) is 0 Å². The molecule has 5 heteroatoms. The van der Waals surface area contributed by atoms with Gasteiger partial charge in [-0.3, -0.25) is 23.9 Å². The van der Waals surface area contributed by atoms with Gasteiger partial charge in [0.1, 0.15) is 5.65 Å². The lowest BCUT2D eigenvalue weighted by Crippen LogP contribution is -2.01. The molecular formula is C35H21N5. The average molecular weight is 512 g/mol. The predicted molar refractivity (Wildman–Crippen MR) is 160 cm³/mol. The van der Waals surface area contributed by atoms with Crippen LogP contribution in [0.2, 0.25) is 0 Å². The van der Waals surface area contributed by atoms with Gasteiger partial charge in [-0.1, -0.05) is 66.7 Å². The van der Waals surface area contributed by atoms with Gasteiger partial charge in [-0.05, 0) is 58.7 Å². The minimum absolute atomic E-state index is 0.902. The second-order valence-corrected chi connectivity index (χ2v) is 10.1. The average Bonchev–Trinajstić information content (AvgIpc) is 3.55. The number of pyridine rings is 1. The molecule has 0 N–H and O–H groups in total. The van der Waals surface area contributed by atoms with E-state index in [1.54, 1.807) is 12.4 Å². The first-order chi connectivity index (χ1) is 19.9. The van der Waals surface area contributed by atoms with Gasteiger partial charge in [0.15, 0.2) is 0 Å². The molecule has 0 unspecified atom stereocenters. The van der Waals surface area contributed by atoms with Crippen molar-refractivity contribution in [3.05, 3.63) is 128 Å².